The molecule has 2 aromatic carbocycles. The number of benzene rings is 2. The lowest BCUT2D eigenvalue weighted by molar-refractivity contribution is 0.0955. The van der Waals surface area contributed by atoms with Crippen LogP contribution in [0.3, 0.4) is 0 Å². The minimum absolute atomic E-state index is 0.0976. The van der Waals surface area contributed by atoms with Crippen LogP contribution in [0.4, 0.5) is 0 Å². The summed E-state index contributed by atoms with van der Waals surface area (Å²) in [5, 5.41) is 14.1. The summed E-state index contributed by atoms with van der Waals surface area (Å²) in [6, 6.07) is 11.7. The first-order valence-electron chi connectivity index (χ1n) is 6.06. The lowest BCUT2D eigenvalue weighted by Crippen LogP contribution is -2.17. The van der Waals surface area contributed by atoms with Crippen LogP contribution >= 0.6 is 11.6 Å². The minimum Gasteiger partial charge on any atom is -0.504 e. The fraction of sp³-hybridized carbons (Fsp3) is 0.0667. The Hall–Kier alpha value is -2.53. The van der Waals surface area contributed by atoms with E-state index in [0.717, 1.165) is 0 Å². The maximum Gasteiger partial charge on any atom is 0.271 e. The number of aromatic hydroxyl groups is 1. The smallest absolute Gasteiger partial charge is 0.271 e. The fourth-order valence-electron chi connectivity index (χ4n) is 1.66. The van der Waals surface area contributed by atoms with Crippen LogP contribution in [0.25, 0.3) is 0 Å². The molecule has 0 aliphatic carbocycles. The van der Waals surface area contributed by atoms with E-state index in [0.29, 0.717) is 16.1 Å². The Labute approximate surface area is 126 Å². The van der Waals surface area contributed by atoms with Crippen molar-refractivity contribution < 1.29 is 14.6 Å². The van der Waals surface area contributed by atoms with Gasteiger partial charge in [0.25, 0.3) is 5.91 Å². The SMILES string of the molecule is COc1cc(Cl)cc(C=NNC(=O)c2ccccc2)c1O. The summed E-state index contributed by atoms with van der Waals surface area (Å²) in [5.41, 5.74) is 3.20. The lowest BCUT2D eigenvalue weighted by Gasteiger charge is -2.06. The zero-order valence-corrected chi connectivity index (χ0v) is 12.0. The topological polar surface area (TPSA) is 70.9 Å². The molecule has 0 fully saturated rings. The zero-order valence-electron chi connectivity index (χ0n) is 11.2. The third-order valence-electron chi connectivity index (χ3n) is 2.69. The van der Waals surface area contributed by atoms with Crippen LogP contribution in [0, 0.1) is 0 Å². The van der Waals surface area contributed by atoms with Gasteiger partial charge in [-0.25, -0.2) is 5.43 Å². The number of carbonyl (C=O) groups excluding carboxylic acids is 1. The molecule has 21 heavy (non-hydrogen) atoms. The number of phenolic OH excluding ortho intramolecular Hbond substituents is 1. The van der Waals surface area contributed by atoms with E-state index in [-0.39, 0.29) is 17.4 Å². The molecule has 2 rings (SSSR count). The molecule has 0 saturated carbocycles. The van der Waals surface area contributed by atoms with E-state index in [1.807, 2.05) is 6.07 Å². The van der Waals surface area contributed by atoms with Gasteiger partial charge in [0.1, 0.15) is 0 Å². The molecule has 0 aliphatic rings. The van der Waals surface area contributed by atoms with Crippen LogP contribution in [-0.4, -0.2) is 24.3 Å². The average Bonchev–Trinajstić information content (AvgIpc) is 2.51. The Morgan fingerprint density at radius 2 is 2.05 bits per heavy atom. The number of hydrazone groups is 1. The molecule has 0 aromatic heterocycles. The van der Waals surface area contributed by atoms with Crippen molar-refractivity contribution in [3.8, 4) is 11.5 Å². The van der Waals surface area contributed by atoms with Gasteiger partial charge in [-0.15, -0.1) is 0 Å². The highest BCUT2D eigenvalue weighted by molar-refractivity contribution is 6.31. The Morgan fingerprint density at radius 1 is 1.33 bits per heavy atom. The van der Waals surface area contributed by atoms with Crippen LogP contribution in [-0.2, 0) is 0 Å². The molecule has 1 amide bonds. The summed E-state index contributed by atoms with van der Waals surface area (Å²) < 4.78 is 4.98. The number of rotatable bonds is 4. The number of nitrogens with zero attached hydrogens (tertiary/aromatic N) is 1. The molecule has 0 atom stereocenters. The maximum absolute atomic E-state index is 11.8. The monoisotopic (exact) mass is 304 g/mol. The number of carbonyl (C=O) groups is 1. The Kier molecular flexibility index (Phi) is 4.79. The van der Waals surface area contributed by atoms with Crippen LogP contribution in [0.1, 0.15) is 15.9 Å². The summed E-state index contributed by atoms with van der Waals surface area (Å²) in [7, 11) is 1.42. The normalized spacial score (nSPS) is 10.6. The van der Waals surface area contributed by atoms with E-state index in [1.54, 1.807) is 24.3 Å². The van der Waals surface area contributed by atoms with Crippen molar-refractivity contribution in [3.05, 3.63) is 58.6 Å². The molecule has 0 bridgehead atoms. The Bertz CT molecular complexity index is 672. The molecule has 0 radical (unpaired) electrons. The first-order chi connectivity index (χ1) is 10.1. The molecular formula is C15H13ClN2O3. The van der Waals surface area contributed by atoms with Crippen molar-refractivity contribution in [1.82, 2.24) is 5.43 Å². The van der Waals surface area contributed by atoms with Gasteiger partial charge in [0.2, 0.25) is 0 Å². The van der Waals surface area contributed by atoms with Crippen molar-refractivity contribution in [2.24, 2.45) is 5.10 Å². The second-order valence-corrected chi connectivity index (χ2v) is 4.55. The third kappa shape index (κ3) is 3.73. The van der Waals surface area contributed by atoms with E-state index >= 15 is 0 Å². The van der Waals surface area contributed by atoms with Gasteiger partial charge < -0.3 is 9.84 Å². The molecule has 0 heterocycles. The molecule has 6 heteroatoms. The molecule has 108 valence electrons. The van der Waals surface area contributed by atoms with Crippen molar-refractivity contribution in [2.45, 2.75) is 0 Å². The average molecular weight is 305 g/mol. The number of amides is 1. The van der Waals surface area contributed by atoms with Crippen molar-refractivity contribution >= 4 is 23.7 Å². The first kappa shape index (κ1) is 14.9. The Balaban J connectivity index is 2.12. The minimum atomic E-state index is -0.347. The first-order valence-corrected chi connectivity index (χ1v) is 6.44. The van der Waals surface area contributed by atoms with Gasteiger partial charge in [0.15, 0.2) is 11.5 Å². The molecule has 0 saturated heterocycles. The number of ether oxygens (including phenoxy) is 1. The van der Waals surface area contributed by atoms with Gasteiger partial charge in [0, 0.05) is 22.2 Å². The standard InChI is InChI=1S/C15H13ClN2O3/c1-21-13-8-12(16)7-11(14(13)19)9-17-18-15(20)10-5-3-2-4-6-10/h2-9,19H,1H3,(H,18,20). The van der Waals surface area contributed by atoms with E-state index in [9.17, 15) is 9.90 Å². The molecule has 2 aromatic rings. The highest BCUT2D eigenvalue weighted by atomic mass is 35.5. The van der Waals surface area contributed by atoms with Gasteiger partial charge in [-0.3, -0.25) is 4.79 Å². The van der Waals surface area contributed by atoms with Crippen LogP contribution in [0.5, 0.6) is 11.5 Å². The summed E-state index contributed by atoms with van der Waals surface area (Å²) in [6.45, 7) is 0. The Morgan fingerprint density at radius 3 is 2.71 bits per heavy atom. The number of methoxy groups -OCH3 is 1. The number of halogens is 1. The molecule has 5 nitrogen and oxygen atoms in total. The second-order valence-electron chi connectivity index (χ2n) is 4.11. The third-order valence-corrected chi connectivity index (χ3v) is 2.91. The van der Waals surface area contributed by atoms with E-state index in [2.05, 4.69) is 10.5 Å². The van der Waals surface area contributed by atoms with Gasteiger partial charge in [-0.2, -0.15) is 5.10 Å². The number of hydrogen-bond acceptors (Lipinski definition) is 4. The molecule has 0 aliphatic heterocycles. The van der Waals surface area contributed by atoms with Gasteiger partial charge in [0.05, 0.1) is 13.3 Å². The highest BCUT2D eigenvalue weighted by Gasteiger charge is 2.08. The van der Waals surface area contributed by atoms with E-state index < -0.39 is 0 Å². The van der Waals surface area contributed by atoms with Crippen molar-refractivity contribution in [3.63, 3.8) is 0 Å². The molecular weight excluding hydrogens is 292 g/mol. The number of phenols is 1. The zero-order chi connectivity index (χ0) is 15.2. The van der Waals surface area contributed by atoms with Gasteiger partial charge in [-0.1, -0.05) is 29.8 Å². The summed E-state index contributed by atoms with van der Waals surface area (Å²) in [5.74, 6) is -0.210. The van der Waals surface area contributed by atoms with Crippen LogP contribution in [0.15, 0.2) is 47.6 Å². The molecule has 0 unspecified atom stereocenters. The predicted molar refractivity (Wildman–Crippen MR) is 81.2 cm³/mol. The van der Waals surface area contributed by atoms with Crippen molar-refractivity contribution in [1.29, 1.82) is 0 Å². The lowest BCUT2D eigenvalue weighted by atomic mass is 10.2. The van der Waals surface area contributed by atoms with Crippen LogP contribution < -0.4 is 10.2 Å². The predicted octanol–water partition coefficient (Wildman–Crippen LogP) is 2.82. The van der Waals surface area contributed by atoms with E-state index in [1.165, 1.54) is 25.5 Å². The van der Waals surface area contributed by atoms with Gasteiger partial charge in [-0.05, 0) is 18.2 Å². The van der Waals surface area contributed by atoms with Crippen LogP contribution in [0.2, 0.25) is 5.02 Å². The van der Waals surface area contributed by atoms with Crippen molar-refractivity contribution in [2.75, 3.05) is 7.11 Å². The van der Waals surface area contributed by atoms with Gasteiger partial charge >= 0.3 is 0 Å². The summed E-state index contributed by atoms with van der Waals surface area (Å²) in [6.07, 6.45) is 1.30. The number of hydrogen-bond donors (Lipinski definition) is 2. The fourth-order valence-corrected chi connectivity index (χ4v) is 1.88. The number of nitrogens with one attached hydrogen (secondary N) is 1. The maximum atomic E-state index is 11.8. The highest BCUT2D eigenvalue weighted by Crippen LogP contribution is 2.32. The second kappa shape index (κ2) is 6.76. The quantitative estimate of drug-likeness (QED) is 0.674. The van der Waals surface area contributed by atoms with E-state index in [4.69, 9.17) is 16.3 Å². The largest absolute Gasteiger partial charge is 0.504 e. The summed E-state index contributed by atoms with van der Waals surface area (Å²) in [4.78, 5) is 11.8. The summed E-state index contributed by atoms with van der Waals surface area (Å²) >= 11 is 5.90. The molecule has 0 spiro atoms. The molecule has 2 N–H and O–H groups in total.